The summed E-state index contributed by atoms with van der Waals surface area (Å²) in [6.45, 7) is 3.28. The molecule has 1 amide bonds. The average molecular weight is 348 g/mol. The number of nitrogens with one attached hydrogen (secondary N) is 1. The van der Waals surface area contributed by atoms with Gasteiger partial charge in [0.15, 0.2) is 0 Å². The lowest BCUT2D eigenvalue weighted by atomic mass is 9.95. The summed E-state index contributed by atoms with van der Waals surface area (Å²) < 4.78 is 1.58. The number of aliphatic carboxylic acids is 1. The van der Waals surface area contributed by atoms with E-state index in [2.05, 4.69) is 10.4 Å². The summed E-state index contributed by atoms with van der Waals surface area (Å²) in [7, 11) is 0. The van der Waals surface area contributed by atoms with Gasteiger partial charge in [0, 0.05) is 11.2 Å². The first-order valence-electron chi connectivity index (χ1n) is 7.69. The smallest absolute Gasteiger partial charge is 0.329 e. The molecule has 0 saturated heterocycles. The third-order valence-corrected chi connectivity index (χ3v) is 4.70. The molecule has 2 N–H and O–H groups in total. The first-order chi connectivity index (χ1) is 11.3. The zero-order chi connectivity index (χ0) is 17.5. The molecule has 3 rings (SSSR count). The Hall–Kier alpha value is -2.34. The van der Waals surface area contributed by atoms with Gasteiger partial charge < -0.3 is 10.4 Å². The molecule has 7 heteroatoms. The largest absolute Gasteiger partial charge is 0.480 e. The highest BCUT2D eigenvalue weighted by Gasteiger charge is 2.48. The predicted octanol–water partition coefficient (Wildman–Crippen LogP) is 2.82. The van der Waals surface area contributed by atoms with Crippen LogP contribution in [0, 0.1) is 12.8 Å². The molecule has 24 heavy (non-hydrogen) atoms. The third kappa shape index (κ3) is 3.01. The maximum atomic E-state index is 12.6. The van der Waals surface area contributed by atoms with E-state index in [4.69, 9.17) is 11.6 Å². The number of hydrogen-bond acceptors (Lipinski definition) is 3. The van der Waals surface area contributed by atoms with Crippen molar-refractivity contribution in [3.63, 3.8) is 0 Å². The monoisotopic (exact) mass is 347 g/mol. The standard InChI is InChI=1S/C17H18ClN3O3/c1-10-14(9-21(20-10)13-7-5-12(18)6-8-13)15(22)19-17(2,16(23)24)11-3-4-11/h5-9,11H,3-4H2,1-2H3,(H,19,22)(H,23,24)/t17-/m0/s1. The molecule has 126 valence electrons. The highest BCUT2D eigenvalue weighted by molar-refractivity contribution is 6.30. The van der Waals surface area contributed by atoms with Gasteiger partial charge in [-0.05, 0) is 56.9 Å². The summed E-state index contributed by atoms with van der Waals surface area (Å²) in [6.07, 6.45) is 3.22. The van der Waals surface area contributed by atoms with Crippen LogP contribution in [0.5, 0.6) is 0 Å². The third-order valence-electron chi connectivity index (χ3n) is 4.45. The van der Waals surface area contributed by atoms with Crippen molar-refractivity contribution < 1.29 is 14.7 Å². The van der Waals surface area contributed by atoms with Crippen molar-refractivity contribution in [2.75, 3.05) is 0 Å². The van der Waals surface area contributed by atoms with E-state index >= 15 is 0 Å². The van der Waals surface area contributed by atoms with E-state index in [-0.39, 0.29) is 5.92 Å². The number of aromatic nitrogens is 2. The normalized spacial score (nSPS) is 16.5. The fourth-order valence-corrected chi connectivity index (χ4v) is 2.83. The molecule has 1 fully saturated rings. The Morgan fingerprint density at radius 3 is 2.50 bits per heavy atom. The van der Waals surface area contributed by atoms with Crippen LogP contribution in [0.3, 0.4) is 0 Å². The molecule has 1 aliphatic carbocycles. The highest BCUT2D eigenvalue weighted by atomic mass is 35.5. The topological polar surface area (TPSA) is 84.2 Å². The van der Waals surface area contributed by atoms with Crippen molar-refractivity contribution in [1.82, 2.24) is 15.1 Å². The molecule has 0 radical (unpaired) electrons. The van der Waals surface area contributed by atoms with Crippen LogP contribution in [0.2, 0.25) is 5.02 Å². The Kier molecular flexibility index (Phi) is 4.09. The average Bonchev–Trinajstić information content (AvgIpc) is 3.31. The van der Waals surface area contributed by atoms with E-state index in [0.717, 1.165) is 18.5 Å². The Balaban J connectivity index is 1.85. The van der Waals surface area contributed by atoms with E-state index in [0.29, 0.717) is 16.3 Å². The number of carboxylic acid groups (broad SMARTS) is 1. The molecular weight excluding hydrogens is 330 g/mol. The minimum atomic E-state index is -1.24. The van der Waals surface area contributed by atoms with E-state index in [1.165, 1.54) is 0 Å². The maximum absolute atomic E-state index is 12.6. The Bertz CT molecular complexity index is 796. The molecule has 0 spiro atoms. The summed E-state index contributed by atoms with van der Waals surface area (Å²) in [4.78, 5) is 24.1. The number of aryl methyl sites for hydroxylation is 1. The minimum absolute atomic E-state index is 0.0226. The lowest BCUT2D eigenvalue weighted by molar-refractivity contribution is -0.144. The van der Waals surface area contributed by atoms with Gasteiger partial charge in [-0.1, -0.05) is 11.6 Å². The first-order valence-corrected chi connectivity index (χ1v) is 8.07. The predicted molar refractivity (Wildman–Crippen MR) is 89.5 cm³/mol. The van der Waals surface area contributed by atoms with E-state index in [1.54, 1.807) is 49.0 Å². The molecule has 1 saturated carbocycles. The van der Waals surface area contributed by atoms with Gasteiger partial charge in [0.25, 0.3) is 5.91 Å². The lowest BCUT2D eigenvalue weighted by Gasteiger charge is -2.25. The van der Waals surface area contributed by atoms with Crippen molar-refractivity contribution in [2.45, 2.75) is 32.2 Å². The van der Waals surface area contributed by atoms with Gasteiger partial charge in [-0.3, -0.25) is 4.79 Å². The van der Waals surface area contributed by atoms with Crippen molar-refractivity contribution in [1.29, 1.82) is 0 Å². The van der Waals surface area contributed by atoms with Gasteiger partial charge in [-0.25, -0.2) is 9.48 Å². The SMILES string of the molecule is Cc1nn(-c2ccc(Cl)cc2)cc1C(=O)N[C@](C)(C(=O)O)C1CC1. The molecule has 1 heterocycles. The maximum Gasteiger partial charge on any atom is 0.329 e. The fraction of sp³-hybridized carbons (Fsp3) is 0.353. The van der Waals surface area contributed by atoms with Gasteiger partial charge >= 0.3 is 5.97 Å². The fourth-order valence-electron chi connectivity index (χ4n) is 2.70. The number of carbonyl (C=O) groups is 2. The molecule has 1 aromatic carbocycles. The number of amides is 1. The molecule has 2 aromatic rings. The Morgan fingerprint density at radius 1 is 1.33 bits per heavy atom. The van der Waals surface area contributed by atoms with Crippen molar-refractivity contribution >= 4 is 23.5 Å². The number of halogens is 1. The zero-order valence-corrected chi connectivity index (χ0v) is 14.2. The van der Waals surface area contributed by atoms with Crippen LogP contribution < -0.4 is 5.32 Å². The molecule has 1 aromatic heterocycles. The van der Waals surface area contributed by atoms with Crippen LogP contribution in [0.1, 0.15) is 35.8 Å². The summed E-state index contributed by atoms with van der Waals surface area (Å²) in [5, 5.41) is 17.1. The molecule has 0 aliphatic heterocycles. The first kappa shape index (κ1) is 16.5. The molecule has 0 unspecified atom stereocenters. The number of nitrogens with zero attached hydrogens (tertiary/aromatic N) is 2. The summed E-state index contributed by atoms with van der Waals surface area (Å²) in [5.41, 5.74) is 0.417. The molecule has 1 aliphatic rings. The summed E-state index contributed by atoms with van der Waals surface area (Å²) in [5.74, 6) is -1.46. The van der Waals surface area contributed by atoms with Gasteiger partial charge in [-0.2, -0.15) is 5.10 Å². The van der Waals surface area contributed by atoms with Crippen LogP contribution in [0.15, 0.2) is 30.5 Å². The Morgan fingerprint density at radius 2 is 1.96 bits per heavy atom. The number of carbonyl (C=O) groups excluding carboxylic acids is 1. The minimum Gasteiger partial charge on any atom is -0.480 e. The van der Waals surface area contributed by atoms with Crippen LogP contribution in [-0.4, -0.2) is 32.3 Å². The number of rotatable bonds is 5. The van der Waals surface area contributed by atoms with E-state index in [1.807, 2.05) is 0 Å². The van der Waals surface area contributed by atoms with Gasteiger partial charge in [0.05, 0.1) is 16.9 Å². The second-order valence-electron chi connectivity index (χ2n) is 6.29. The molecule has 6 nitrogen and oxygen atoms in total. The van der Waals surface area contributed by atoms with Gasteiger partial charge in [-0.15, -0.1) is 0 Å². The lowest BCUT2D eigenvalue weighted by Crippen LogP contribution is -2.54. The second kappa shape index (κ2) is 5.94. The van der Waals surface area contributed by atoms with Crippen LogP contribution in [-0.2, 0) is 4.79 Å². The highest BCUT2D eigenvalue weighted by Crippen LogP contribution is 2.40. The number of benzene rings is 1. The van der Waals surface area contributed by atoms with E-state index < -0.39 is 17.4 Å². The zero-order valence-electron chi connectivity index (χ0n) is 13.4. The molecule has 0 bridgehead atoms. The van der Waals surface area contributed by atoms with Crippen molar-refractivity contribution in [3.8, 4) is 5.69 Å². The van der Waals surface area contributed by atoms with Crippen LogP contribution >= 0.6 is 11.6 Å². The van der Waals surface area contributed by atoms with Gasteiger partial charge in [0.1, 0.15) is 5.54 Å². The second-order valence-corrected chi connectivity index (χ2v) is 6.72. The Labute approximate surface area is 144 Å². The number of hydrogen-bond donors (Lipinski definition) is 2. The van der Waals surface area contributed by atoms with Gasteiger partial charge in [0.2, 0.25) is 0 Å². The number of carboxylic acids is 1. The molecule has 1 atom stereocenters. The summed E-state index contributed by atoms with van der Waals surface area (Å²) >= 11 is 5.87. The van der Waals surface area contributed by atoms with E-state index in [9.17, 15) is 14.7 Å². The van der Waals surface area contributed by atoms with Crippen molar-refractivity contribution in [3.05, 3.63) is 46.7 Å². The molecular formula is C17H18ClN3O3. The van der Waals surface area contributed by atoms with Crippen molar-refractivity contribution in [2.24, 2.45) is 5.92 Å². The van der Waals surface area contributed by atoms with Crippen LogP contribution in [0.25, 0.3) is 5.69 Å². The van der Waals surface area contributed by atoms with Crippen LogP contribution in [0.4, 0.5) is 0 Å². The summed E-state index contributed by atoms with van der Waals surface area (Å²) in [6, 6.07) is 7.06. The quantitative estimate of drug-likeness (QED) is 0.871.